The second-order valence-electron chi connectivity index (χ2n) is 4.34. The molecule has 0 spiro atoms. The predicted octanol–water partition coefficient (Wildman–Crippen LogP) is 3.72. The maximum Gasteiger partial charge on any atom is 0.354 e. The van der Waals surface area contributed by atoms with E-state index < -0.39 is 5.97 Å². The van der Waals surface area contributed by atoms with Crippen LogP contribution >= 0.6 is 11.3 Å². The number of anilines is 2. The molecule has 4 nitrogen and oxygen atoms in total. The lowest BCUT2D eigenvalue weighted by Gasteiger charge is -2.08. The molecule has 0 atom stereocenters. The average Bonchev–Trinajstić information content (AvgIpc) is 2.96. The summed E-state index contributed by atoms with van der Waals surface area (Å²) in [5, 5.41) is 15.1. The van der Waals surface area contributed by atoms with Gasteiger partial charge < -0.3 is 10.4 Å². The van der Waals surface area contributed by atoms with E-state index in [-0.39, 0.29) is 5.69 Å². The maximum absolute atomic E-state index is 11.2. The summed E-state index contributed by atoms with van der Waals surface area (Å²) < 4.78 is 0.873. The molecule has 3 aromatic rings. The molecule has 0 aliphatic rings. The fourth-order valence-corrected chi connectivity index (χ4v) is 2.82. The first-order valence-electron chi connectivity index (χ1n) is 6.12. The highest BCUT2D eigenvalue weighted by Gasteiger charge is 2.12. The van der Waals surface area contributed by atoms with E-state index in [0.29, 0.717) is 5.82 Å². The molecule has 21 heavy (non-hydrogen) atoms. The molecule has 0 fully saturated rings. The molecule has 0 unspecified atom stereocenters. The number of benzene rings is 1. The highest BCUT2D eigenvalue weighted by Crippen LogP contribution is 2.29. The van der Waals surface area contributed by atoms with Crippen molar-refractivity contribution in [1.29, 1.82) is 0 Å². The number of thiophene rings is 1. The second-order valence-corrected chi connectivity index (χ2v) is 5.29. The summed E-state index contributed by atoms with van der Waals surface area (Å²) in [5.41, 5.74) is 1.53. The lowest BCUT2D eigenvalue weighted by atomic mass is 10.2. The molecule has 3 rings (SSSR count). The predicted molar refractivity (Wildman–Crippen MR) is 84.2 cm³/mol. The summed E-state index contributed by atoms with van der Waals surface area (Å²) in [6.45, 7) is 0. The van der Waals surface area contributed by atoms with Crippen molar-refractivity contribution in [2.45, 2.75) is 0 Å². The molecule has 0 aliphatic heterocycles. The van der Waals surface area contributed by atoms with Gasteiger partial charge in [-0.3, -0.25) is 0 Å². The van der Waals surface area contributed by atoms with E-state index in [2.05, 4.69) is 16.2 Å². The van der Waals surface area contributed by atoms with Gasteiger partial charge in [0.15, 0.2) is 5.69 Å². The summed E-state index contributed by atoms with van der Waals surface area (Å²) in [6.07, 6.45) is 5.38. The highest BCUT2D eigenvalue weighted by atomic mass is 32.1. The van der Waals surface area contributed by atoms with Gasteiger partial charge in [-0.15, -0.1) is 17.8 Å². The van der Waals surface area contributed by atoms with Gasteiger partial charge >= 0.3 is 5.97 Å². The molecule has 0 amide bonds. The number of carbonyl (C=O) groups is 1. The molecular weight excluding hydrogens is 284 g/mol. The monoisotopic (exact) mass is 294 g/mol. The molecule has 5 heteroatoms. The van der Waals surface area contributed by atoms with Crippen molar-refractivity contribution in [2.75, 3.05) is 5.32 Å². The number of carboxylic acids is 1. The van der Waals surface area contributed by atoms with Crippen LogP contribution < -0.4 is 5.32 Å². The van der Waals surface area contributed by atoms with Crippen molar-refractivity contribution >= 4 is 38.9 Å². The smallest absolute Gasteiger partial charge is 0.354 e. The fraction of sp³-hybridized carbons (Fsp3) is 0. The standard InChI is InChI=1S/C16H10N2O2S/c1-2-10-4-3-5-11(8-10)17-15-12-6-7-21-14(12)9-13(18-15)16(19)20/h1,3-9H,(H,17,18)(H,19,20). The van der Waals surface area contributed by atoms with Gasteiger partial charge in [-0.25, -0.2) is 9.78 Å². The number of pyridine rings is 1. The van der Waals surface area contributed by atoms with Crippen molar-refractivity contribution in [2.24, 2.45) is 0 Å². The highest BCUT2D eigenvalue weighted by molar-refractivity contribution is 7.17. The van der Waals surface area contributed by atoms with Crippen LogP contribution in [0.5, 0.6) is 0 Å². The Morgan fingerprint density at radius 2 is 2.19 bits per heavy atom. The number of hydrogen-bond donors (Lipinski definition) is 2. The Kier molecular flexibility index (Phi) is 3.30. The zero-order chi connectivity index (χ0) is 14.8. The van der Waals surface area contributed by atoms with Crippen LogP contribution in [0.15, 0.2) is 41.8 Å². The van der Waals surface area contributed by atoms with Gasteiger partial charge in [0.25, 0.3) is 0 Å². The van der Waals surface area contributed by atoms with E-state index in [4.69, 9.17) is 11.5 Å². The average molecular weight is 294 g/mol. The molecule has 2 N–H and O–H groups in total. The Hall–Kier alpha value is -2.84. The largest absolute Gasteiger partial charge is 0.477 e. The van der Waals surface area contributed by atoms with Crippen LogP contribution in [0.2, 0.25) is 0 Å². The van der Waals surface area contributed by atoms with Crippen LogP contribution in [0.3, 0.4) is 0 Å². The molecule has 2 aromatic heterocycles. The summed E-state index contributed by atoms with van der Waals surface area (Å²) >= 11 is 1.48. The number of carboxylic acid groups (broad SMARTS) is 1. The van der Waals surface area contributed by atoms with Crippen LogP contribution in [0.4, 0.5) is 11.5 Å². The first-order valence-corrected chi connectivity index (χ1v) is 7.00. The lowest BCUT2D eigenvalue weighted by Crippen LogP contribution is -2.03. The topological polar surface area (TPSA) is 62.2 Å². The van der Waals surface area contributed by atoms with Crippen molar-refractivity contribution in [3.05, 3.63) is 53.0 Å². The quantitative estimate of drug-likeness (QED) is 0.723. The Bertz CT molecular complexity index is 877. The van der Waals surface area contributed by atoms with Crippen LogP contribution in [0, 0.1) is 12.3 Å². The third kappa shape index (κ3) is 2.57. The first-order chi connectivity index (χ1) is 10.2. The van der Waals surface area contributed by atoms with Gasteiger partial charge in [0, 0.05) is 21.3 Å². The summed E-state index contributed by atoms with van der Waals surface area (Å²) in [6, 6.07) is 10.8. The van der Waals surface area contributed by atoms with Crippen LogP contribution in [-0.4, -0.2) is 16.1 Å². The van der Waals surface area contributed by atoms with Gasteiger partial charge in [0.1, 0.15) is 5.82 Å². The summed E-state index contributed by atoms with van der Waals surface area (Å²) in [4.78, 5) is 15.3. The number of aromatic nitrogens is 1. The molecule has 0 saturated carbocycles. The zero-order valence-corrected chi connectivity index (χ0v) is 11.6. The number of aromatic carboxylic acids is 1. The van der Waals surface area contributed by atoms with Gasteiger partial charge in [0.2, 0.25) is 0 Å². The van der Waals surface area contributed by atoms with E-state index in [1.165, 1.54) is 11.3 Å². The number of rotatable bonds is 3. The number of nitrogens with one attached hydrogen (secondary N) is 1. The number of hydrogen-bond acceptors (Lipinski definition) is 4. The minimum atomic E-state index is -1.05. The zero-order valence-electron chi connectivity index (χ0n) is 10.8. The minimum absolute atomic E-state index is 0.0144. The number of nitrogens with zero attached hydrogens (tertiary/aromatic N) is 1. The molecule has 1 aromatic carbocycles. The molecule has 0 radical (unpaired) electrons. The van der Waals surface area contributed by atoms with E-state index in [0.717, 1.165) is 21.3 Å². The Balaban J connectivity index is 2.08. The number of fused-ring (bicyclic) bond motifs is 1. The second kappa shape index (κ2) is 5.27. The van der Waals surface area contributed by atoms with Crippen LogP contribution in [0.1, 0.15) is 16.1 Å². The maximum atomic E-state index is 11.2. The first kappa shape index (κ1) is 13.2. The molecule has 102 valence electrons. The lowest BCUT2D eigenvalue weighted by molar-refractivity contribution is 0.0691. The van der Waals surface area contributed by atoms with Crippen molar-refractivity contribution < 1.29 is 9.90 Å². The van der Waals surface area contributed by atoms with E-state index in [1.54, 1.807) is 6.07 Å². The minimum Gasteiger partial charge on any atom is -0.477 e. The number of terminal acetylenes is 1. The van der Waals surface area contributed by atoms with Crippen molar-refractivity contribution in [3.8, 4) is 12.3 Å². The Morgan fingerprint density at radius 3 is 2.95 bits per heavy atom. The van der Waals surface area contributed by atoms with Crippen LogP contribution in [0.25, 0.3) is 10.1 Å². The normalized spacial score (nSPS) is 10.2. The summed E-state index contributed by atoms with van der Waals surface area (Å²) in [7, 11) is 0. The molecular formula is C16H10N2O2S. The van der Waals surface area contributed by atoms with E-state index >= 15 is 0 Å². The van der Waals surface area contributed by atoms with Crippen molar-refractivity contribution in [1.82, 2.24) is 4.98 Å². The molecule has 0 bridgehead atoms. The third-order valence-electron chi connectivity index (χ3n) is 2.96. The molecule has 2 heterocycles. The van der Waals surface area contributed by atoms with Crippen molar-refractivity contribution in [3.63, 3.8) is 0 Å². The van der Waals surface area contributed by atoms with E-state index in [1.807, 2.05) is 35.7 Å². The Morgan fingerprint density at radius 1 is 1.33 bits per heavy atom. The molecule has 0 aliphatic carbocycles. The van der Waals surface area contributed by atoms with Crippen LogP contribution in [-0.2, 0) is 0 Å². The van der Waals surface area contributed by atoms with Gasteiger partial charge in [-0.1, -0.05) is 12.0 Å². The van der Waals surface area contributed by atoms with Gasteiger partial charge in [-0.2, -0.15) is 0 Å². The summed E-state index contributed by atoms with van der Waals surface area (Å²) in [5.74, 6) is 2.03. The van der Waals surface area contributed by atoms with E-state index in [9.17, 15) is 4.79 Å². The SMILES string of the molecule is C#Cc1cccc(Nc2nc(C(=O)O)cc3sccc23)c1. The Labute approximate surface area is 125 Å². The fourth-order valence-electron chi connectivity index (χ4n) is 1.99. The third-order valence-corrected chi connectivity index (χ3v) is 3.83. The van der Waals surface area contributed by atoms with Gasteiger partial charge in [-0.05, 0) is 35.7 Å². The van der Waals surface area contributed by atoms with Gasteiger partial charge in [0.05, 0.1) is 0 Å². The molecule has 0 saturated heterocycles.